The molecule has 0 fully saturated rings. The summed E-state index contributed by atoms with van der Waals surface area (Å²) in [5.41, 5.74) is -0.718. The molecule has 0 aromatic carbocycles. The van der Waals surface area contributed by atoms with E-state index in [1.165, 1.54) is 0 Å². The third-order valence-corrected chi connectivity index (χ3v) is 1.62. The van der Waals surface area contributed by atoms with Crippen LogP contribution in [0.1, 0.15) is 12.5 Å². The van der Waals surface area contributed by atoms with Crippen LogP contribution < -0.4 is 5.32 Å². The summed E-state index contributed by atoms with van der Waals surface area (Å²) < 4.78 is 36.8. The Hall–Kier alpha value is -1.70. The van der Waals surface area contributed by atoms with E-state index in [0.717, 1.165) is 18.3 Å². The molecular weight excluding hydrogens is 205 g/mol. The highest BCUT2D eigenvalue weighted by Gasteiger charge is 2.30. The van der Waals surface area contributed by atoms with Gasteiger partial charge in [0, 0.05) is 6.20 Å². The van der Waals surface area contributed by atoms with Crippen molar-refractivity contribution in [2.24, 2.45) is 0 Å². The lowest BCUT2D eigenvalue weighted by Gasteiger charge is -2.07. The normalized spacial score (nSPS) is 10.4. The second-order valence-electron chi connectivity index (χ2n) is 2.71. The molecule has 1 heterocycles. The highest BCUT2D eigenvalue weighted by Crippen LogP contribution is 2.29. The molecule has 0 saturated heterocycles. The summed E-state index contributed by atoms with van der Waals surface area (Å²) in [7, 11) is 0. The zero-order valence-corrected chi connectivity index (χ0v) is 8.02. The molecule has 0 unspecified atom stereocenters. The van der Waals surface area contributed by atoms with Gasteiger partial charge in [-0.15, -0.1) is 5.92 Å². The van der Waals surface area contributed by atoms with Gasteiger partial charge in [0.15, 0.2) is 0 Å². The highest BCUT2D eigenvalue weighted by molar-refractivity contribution is 5.39. The fraction of sp³-hybridized carbons (Fsp3) is 0.300. The van der Waals surface area contributed by atoms with Crippen molar-refractivity contribution >= 4 is 5.82 Å². The van der Waals surface area contributed by atoms with Gasteiger partial charge < -0.3 is 5.32 Å². The molecule has 2 nitrogen and oxygen atoms in total. The maximum atomic E-state index is 12.3. The standard InChI is InChI=1S/C10H9F3N2/c1-2-3-5-14-9-7-8(4-6-15-9)10(11,12)13/h4,6-7H,5H2,1H3,(H,14,15). The second kappa shape index (κ2) is 4.69. The predicted octanol–water partition coefficient (Wildman–Crippen LogP) is 2.54. The van der Waals surface area contributed by atoms with Crippen LogP contribution in [0.2, 0.25) is 0 Å². The van der Waals surface area contributed by atoms with Gasteiger partial charge in [0.1, 0.15) is 5.82 Å². The molecule has 5 heteroatoms. The molecule has 0 aliphatic rings. The molecule has 0 bridgehead atoms. The number of alkyl halides is 3. The summed E-state index contributed by atoms with van der Waals surface area (Å²) in [6.07, 6.45) is -3.22. The molecule has 1 N–H and O–H groups in total. The SMILES string of the molecule is CC#CCNc1cc(C(F)(F)F)ccn1. The minimum Gasteiger partial charge on any atom is -0.359 e. The van der Waals surface area contributed by atoms with Crippen LogP contribution in [0.15, 0.2) is 18.3 Å². The van der Waals surface area contributed by atoms with Crippen LogP contribution in [0.5, 0.6) is 0 Å². The van der Waals surface area contributed by atoms with Crippen molar-refractivity contribution < 1.29 is 13.2 Å². The van der Waals surface area contributed by atoms with Gasteiger partial charge >= 0.3 is 6.18 Å². The van der Waals surface area contributed by atoms with E-state index in [2.05, 4.69) is 22.1 Å². The van der Waals surface area contributed by atoms with Crippen molar-refractivity contribution in [3.8, 4) is 11.8 Å². The first-order valence-corrected chi connectivity index (χ1v) is 4.21. The molecule has 0 spiro atoms. The number of aromatic nitrogens is 1. The Kier molecular flexibility index (Phi) is 3.56. The first kappa shape index (κ1) is 11.4. The number of rotatable bonds is 2. The van der Waals surface area contributed by atoms with E-state index < -0.39 is 11.7 Å². The molecule has 15 heavy (non-hydrogen) atoms. The molecule has 0 atom stereocenters. The molecule has 1 aromatic heterocycles. The average Bonchev–Trinajstić information content (AvgIpc) is 2.17. The minimum atomic E-state index is -4.34. The van der Waals surface area contributed by atoms with E-state index in [9.17, 15) is 13.2 Å². The summed E-state index contributed by atoms with van der Waals surface area (Å²) >= 11 is 0. The number of halogens is 3. The monoisotopic (exact) mass is 214 g/mol. The Morgan fingerprint density at radius 3 is 2.80 bits per heavy atom. The van der Waals surface area contributed by atoms with E-state index in [4.69, 9.17) is 0 Å². The Labute approximate surface area is 85.5 Å². The Balaban J connectivity index is 2.77. The zero-order valence-electron chi connectivity index (χ0n) is 8.02. The van der Waals surface area contributed by atoms with Crippen molar-refractivity contribution in [2.45, 2.75) is 13.1 Å². The highest BCUT2D eigenvalue weighted by atomic mass is 19.4. The van der Waals surface area contributed by atoms with Gasteiger partial charge in [0.05, 0.1) is 12.1 Å². The fourth-order valence-electron chi connectivity index (χ4n) is 0.927. The molecule has 0 aliphatic heterocycles. The third kappa shape index (κ3) is 3.50. The van der Waals surface area contributed by atoms with Crippen LogP contribution in [0.3, 0.4) is 0 Å². The van der Waals surface area contributed by atoms with Crippen LogP contribution in [0.25, 0.3) is 0 Å². The van der Waals surface area contributed by atoms with E-state index in [-0.39, 0.29) is 12.4 Å². The molecular formula is C10H9F3N2. The Morgan fingerprint density at radius 2 is 2.20 bits per heavy atom. The van der Waals surface area contributed by atoms with Crippen molar-refractivity contribution in [1.29, 1.82) is 0 Å². The van der Waals surface area contributed by atoms with Gasteiger partial charge in [-0.1, -0.05) is 5.92 Å². The van der Waals surface area contributed by atoms with Gasteiger partial charge in [-0.25, -0.2) is 4.98 Å². The zero-order chi connectivity index (χ0) is 11.3. The van der Waals surface area contributed by atoms with E-state index >= 15 is 0 Å². The summed E-state index contributed by atoms with van der Waals surface area (Å²) in [5.74, 6) is 5.47. The molecule has 80 valence electrons. The maximum Gasteiger partial charge on any atom is 0.416 e. The lowest BCUT2D eigenvalue weighted by atomic mass is 10.2. The number of nitrogens with zero attached hydrogens (tertiary/aromatic N) is 1. The van der Waals surface area contributed by atoms with E-state index in [0.29, 0.717) is 0 Å². The summed E-state index contributed by atoms with van der Waals surface area (Å²) in [4.78, 5) is 3.75. The van der Waals surface area contributed by atoms with Crippen molar-refractivity contribution in [3.63, 3.8) is 0 Å². The van der Waals surface area contributed by atoms with Crippen LogP contribution in [-0.4, -0.2) is 11.5 Å². The smallest absolute Gasteiger partial charge is 0.359 e. The van der Waals surface area contributed by atoms with Crippen LogP contribution in [0.4, 0.5) is 19.0 Å². The Bertz CT molecular complexity index is 388. The van der Waals surface area contributed by atoms with Crippen LogP contribution >= 0.6 is 0 Å². The topological polar surface area (TPSA) is 24.9 Å². The lowest BCUT2D eigenvalue weighted by Crippen LogP contribution is -2.07. The van der Waals surface area contributed by atoms with Gasteiger partial charge in [0.25, 0.3) is 0 Å². The maximum absolute atomic E-state index is 12.3. The Morgan fingerprint density at radius 1 is 1.47 bits per heavy atom. The molecule has 0 radical (unpaired) electrons. The third-order valence-electron chi connectivity index (χ3n) is 1.62. The van der Waals surface area contributed by atoms with Gasteiger partial charge in [0.2, 0.25) is 0 Å². The van der Waals surface area contributed by atoms with Crippen molar-refractivity contribution in [1.82, 2.24) is 4.98 Å². The van der Waals surface area contributed by atoms with Gasteiger partial charge in [-0.2, -0.15) is 13.2 Å². The van der Waals surface area contributed by atoms with Gasteiger partial charge in [-0.3, -0.25) is 0 Å². The molecule has 0 amide bonds. The summed E-state index contributed by atoms with van der Waals surface area (Å²) in [5, 5.41) is 2.67. The quantitative estimate of drug-likeness (QED) is 0.765. The van der Waals surface area contributed by atoms with E-state index in [1.807, 2.05) is 0 Å². The van der Waals surface area contributed by atoms with Crippen LogP contribution in [-0.2, 0) is 6.18 Å². The predicted molar refractivity (Wildman–Crippen MR) is 51.2 cm³/mol. The molecule has 0 saturated carbocycles. The summed E-state index contributed by atoms with van der Waals surface area (Å²) in [6.45, 7) is 1.94. The molecule has 0 aliphatic carbocycles. The molecule has 1 rings (SSSR count). The minimum absolute atomic E-state index is 0.174. The first-order valence-electron chi connectivity index (χ1n) is 4.21. The number of hydrogen-bond donors (Lipinski definition) is 1. The van der Waals surface area contributed by atoms with Crippen LogP contribution in [0, 0.1) is 11.8 Å². The number of hydrogen-bond acceptors (Lipinski definition) is 2. The lowest BCUT2D eigenvalue weighted by molar-refractivity contribution is -0.137. The first-order chi connectivity index (χ1) is 7.04. The van der Waals surface area contributed by atoms with E-state index in [1.54, 1.807) is 6.92 Å². The average molecular weight is 214 g/mol. The number of nitrogens with one attached hydrogen (secondary N) is 1. The fourth-order valence-corrected chi connectivity index (χ4v) is 0.927. The largest absolute Gasteiger partial charge is 0.416 e. The number of anilines is 1. The van der Waals surface area contributed by atoms with Crippen molar-refractivity contribution in [2.75, 3.05) is 11.9 Å². The molecule has 1 aromatic rings. The van der Waals surface area contributed by atoms with Gasteiger partial charge in [-0.05, 0) is 19.1 Å². The second-order valence-corrected chi connectivity index (χ2v) is 2.71. The summed E-state index contributed by atoms with van der Waals surface area (Å²) in [6, 6.07) is 1.88. The number of pyridine rings is 1. The van der Waals surface area contributed by atoms with Crippen molar-refractivity contribution in [3.05, 3.63) is 23.9 Å².